The van der Waals surface area contributed by atoms with Gasteiger partial charge in [-0.15, -0.1) is 11.3 Å². The van der Waals surface area contributed by atoms with Crippen LogP contribution in [0.2, 0.25) is 15.1 Å². The lowest BCUT2D eigenvalue weighted by molar-refractivity contribution is -0.124. The van der Waals surface area contributed by atoms with Gasteiger partial charge in [0.05, 0.1) is 10.0 Å². The molecule has 140 valence electrons. The van der Waals surface area contributed by atoms with Gasteiger partial charge in [-0.25, -0.2) is 4.79 Å². The van der Waals surface area contributed by atoms with E-state index in [4.69, 9.17) is 39.5 Å². The van der Waals surface area contributed by atoms with E-state index in [0.717, 1.165) is 24.2 Å². The predicted molar refractivity (Wildman–Crippen MR) is 107 cm³/mol. The van der Waals surface area contributed by atoms with Crippen molar-refractivity contribution in [3.63, 3.8) is 0 Å². The zero-order valence-corrected chi connectivity index (χ0v) is 17.0. The fourth-order valence-electron chi connectivity index (χ4n) is 3.14. The van der Waals surface area contributed by atoms with Crippen molar-refractivity contribution in [3.8, 4) is 0 Å². The van der Waals surface area contributed by atoms with E-state index < -0.39 is 5.97 Å². The minimum atomic E-state index is -0.642. The van der Waals surface area contributed by atoms with Crippen LogP contribution in [0, 0.1) is 5.92 Å². The zero-order chi connectivity index (χ0) is 18.7. The molecule has 2 aromatic rings. The molecule has 26 heavy (non-hydrogen) atoms. The van der Waals surface area contributed by atoms with Crippen molar-refractivity contribution < 1.29 is 14.3 Å². The fraction of sp³-hybridized carbons (Fsp3) is 0.444. The molecule has 1 aromatic heterocycles. The number of nitrogens with one attached hydrogen (secondary N) is 1. The molecule has 1 amide bonds. The number of hydrogen-bond donors (Lipinski definition) is 1. The summed E-state index contributed by atoms with van der Waals surface area (Å²) in [5.41, 5.74) is 0. The SMILES string of the molecule is O=C(COC(=O)c1sc2cc(Cl)cc(Cl)c2c1Cl)NCC1CCCCC1. The minimum absolute atomic E-state index is 0.214. The standard InChI is InChI=1S/C18H18Cl3NO3S/c19-11-6-12(20)15-13(7-11)26-17(16(15)21)18(24)25-9-14(23)22-8-10-4-2-1-3-5-10/h6-7,10H,1-5,8-9H2,(H,22,23). The summed E-state index contributed by atoms with van der Waals surface area (Å²) in [6.07, 6.45) is 5.98. The van der Waals surface area contributed by atoms with E-state index in [0.29, 0.717) is 32.6 Å². The van der Waals surface area contributed by atoms with E-state index in [1.807, 2.05) is 0 Å². The van der Waals surface area contributed by atoms with Gasteiger partial charge in [0.2, 0.25) is 0 Å². The molecule has 1 aromatic carbocycles. The van der Waals surface area contributed by atoms with Crippen LogP contribution in [0.5, 0.6) is 0 Å². The number of thiophene rings is 1. The number of amides is 1. The van der Waals surface area contributed by atoms with Crippen LogP contribution in [-0.2, 0) is 9.53 Å². The van der Waals surface area contributed by atoms with Gasteiger partial charge in [-0.05, 0) is 30.9 Å². The highest BCUT2D eigenvalue weighted by molar-refractivity contribution is 7.21. The molecule has 4 nitrogen and oxygen atoms in total. The summed E-state index contributed by atoms with van der Waals surface area (Å²) in [6.45, 7) is 0.304. The molecule has 0 saturated heterocycles. The second kappa shape index (κ2) is 8.79. The van der Waals surface area contributed by atoms with Crippen molar-refractivity contribution in [3.05, 3.63) is 32.1 Å². The second-order valence-electron chi connectivity index (χ2n) is 6.39. The molecule has 1 aliphatic carbocycles. The summed E-state index contributed by atoms with van der Waals surface area (Å²) < 4.78 is 5.80. The number of benzene rings is 1. The van der Waals surface area contributed by atoms with Crippen LogP contribution in [0.15, 0.2) is 12.1 Å². The van der Waals surface area contributed by atoms with Crippen LogP contribution in [0.1, 0.15) is 41.8 Å². The van der Waals surface area contributed by atoms with Crippen molar-refractivity contribution >= 4 is 68.1 Å². The maximum absolute atomic E-state index is 12.3. The molecular weight excluding hydrogens is 417 g/mol. The summed E-state index contributed by atoms with van der Waals surface area (Å²) in [5.74, 6) is -0.425. The minimum Gasteiger partial charge on any atom is -0.451 e. The molecule has 8 heteroatoms. The molecule has 0 bridgehead atoms. The van der Waals surface area contributed by atoms with E-state index in [1.165, 1.54) is 19.3 Å². The summed E-state index contributed by atoms with van der Waals surface area (Å²) in [6, 6.07) is 3.25. The van der Waals surface area contributed by atoms with E-state index >= 15 is 0 Å². The molecule has 1 aliphatic rings. The summed E-state index contributed by atoms with van der Waals surface area (Å²) in [7, 11) is 0. The lowest BCUT2D eigenvalue weighted by atomic mass is 9.89. The van der Waals surface area contributed by atoms with Crippen LogP contribution >= 0.6 is 46.1 Å². The molecular formula is C18H18Cl3NO3S. The first-order chi connectivity index (χ1) is 12.5. The molecule has 0 unspecified atom stereocenters. The molecule has 0 aliphatic heterocycles. The van der Waals surface area contributed by atoms with Crippen molar-refractivity contribution in [1.29, 1.82) is 0 Å². The number of carbonyl (C=O) groups is 2. The Morgan fingerprint density at radius 1 is 1.15 bits per heavy atom. The summed E-state index contributed by atoms with van der Waals surface area (Å²) in [4.78, 5) is 24.4. The Morgan fingerprint density at radius 2 is 1.88 bits per heavy atom. The molecule has 0 spiro atoms. The Kier molecular flexibility index (Phi) is 6.67. The third-order valence-electron chi connectivity index (χ3n) is 4.48. The third kappa shape index (κ3) is 4.63. The first-order valence-corrected chi connectivity index (χ1v) is 10.4. The summed E-state index contributed by atoms with van der Waals surface area (Å²) >= 11 is 19.5. The second-order valence-corrected chi connectivity index (χ2v) is 8.66. The average molecular weight is 435 g/mol. The van der Waals surface area contributed by atoms with Crippen molar-refractivity contribution in [1.82, 2.24) is 5.32 Å². The Morgan fingerprint density at radius 3 is 2.62 bits per heavy atom. The molecule has 1 N–H and O–H groups in total. The number of carbonyl (C=O) groups excluding carboxylic acids is 2. The highest BCUT2D eigenvalue weighted by atomic mass is 35.5. The van der Waals surface area contributed by atoms with E-state index in [1.54, 1.807) is 12.1 Å². The van der Waals surface area contributed by atoms with Crippen LogP contribution in [-0.4, -0.2) is 25.0 Å². The topological polar surface area (TPSA) is 55.4 Å². The molecule has 1 saturated carbocycles. The van der Waals surface area contributed by atoms with Crippen LogP contribution in [0.4, 0.5) is 0 Å². The Balaban J connectivity index is 1.58. The normalized spacial score (nSPS) is 15.2. The number of esters is 1. The van der Waals surface area contributed by atoms with Crippen LogP contribution < -0.4 is 5.32 Å². The van der Waals surface area contributed by atoms with E-state index in [2.05, 4.69) is 5.32 Å². The van der Waals surface area contributed by atoms with Gasteiger partial charge >= 0.3 is 5.97 Å². The quantitative estimate of drug-likeness (QED) is 0.613. The fourth-order valence-corrected chi connectivity index (χ4v) is 5.40. The maximum atomic E-state index is 12.3. The number of ether oxygens (including phenoxy) is 1. The largest absolute Gasteiger partial charge is 0.451 e. The van der Waals surface area contributed by atoms with Gasteiger partial charge in [0.15, 0.2) is 6.61 Å². The van der Waals surface area contributed by atoms with Gasteiger partial charge in [-0.1, -0.05) is 54.1 Å². The van der Waals surface area contributed by atoms with Gasteiger partial charge < -0.3 is 10.1 Å². The smallest absolute Gasteiger partial charge is 0.350 e. The predicted octanol–water partition coefficient (Wildman–Crippen LogP) is 5.71. The van der Waals surface area contributed by atoms with Gasteiger partial charge in [-0.3, -0.25) is 4.79 Å². The summed E-state index contributed by atoms with van der Waals surface area (Å²) in [5, 5.41) is 4.45. The number of rotatable bonds is 5. The van der Waals surface area contributed by atoms with Gasteiger partial charge in [0.1, 0.15) is 4.88 Å². The maximum Gasteiger partial charge on any atom is 0.350 e. The third-order valence-corrected chi connectivity index (χ3v) is 6.61. The zero-order valence-electron chi connectivity index (χ0n) is 13.9. The Hall–Kier alpha value is -1.01. The highest BCUT2D eigenvalue weighted by Gasteiger charge is 2.22. The van der Waals surface area contributed by atoms with Crippen molar-refractivity contribution in [2.45, 2.75) is 32.1 Å². The molecule has 1 fully saturated rings. The lowest BCUT2D eigenvalue weighted by Gasteiger charge is -2.21. The average Bonchev–Trinajstić information content (AvgIpc) is 2.95. The molecule has 0 radical (unpaired) electrons. The number of fused-ring (bicyclic) bond motifs is 1. The van der Waals surface area contributed by atoms with Gasteiger partial charge in [-0.2, -0.15) is 0 Å². The van der Waals surface area contributed by atoms with Gasteiger partial charge in [0.25, 0.3) is 5.91 Å². The first kappa shape index (κ1) is 19.7. The highest BCUT2D eigenvalue weighted by Crippen LogP contribution is 2.41. The number of hydrogen-bond acceptors (Lipinski definition) is 4. The van der Waals surface area contributed by atoms with Crippen LogP contribution in [0.25, 0.3) is 10.1 Å². The molecule has 3 rings (SSSR count). The lowest BCUT2D eigenvalue weighted by Crippen LogP contribution is -2.33. The monoisotopic (exact) mass is 433 g/mol. The Labute approximate surface area is 170 Å². The molecule has 1 heterocycles. The Bertz CT molecular complexity index is 831. The van der Waals surface area contributed by atoms with E-state index in [9.17, 15) is 9.59 Å². The van der Waals surface area contributed by atoms with E-state index in [-0.39, 0.29) is 22.4 Å². The molecule has 0 atom stereocenters. The van der Waals surface area contributed by atoms with Gasteiger partial charge in [0, 0.05) is 21.7 Å². The van der Waals surface area contributed by atoms with Crippen molar-refractivity contribution in [2.75, 3.05) is 13.2 Å². The van der Waals surface area contributed by atoms with Crippen molar-refractivity contribution in [2.24, 2.45) is 5.92 Å². The first-order valence-electron chi connectivity index (χ1n) is 8.46. The van der Waals surface area contributed by atoms with Crippen LogP contribution in [0.3, 0.4) is 0 Å². The number of halogens is 3.